The van der Waals surface area contributed by atoms with Crippen LogP contribution < -0.4 is 4.72 Å². The van der Waals surface area contributed by atoms with E-state index in [2.05, 4.69) is 14.9 Å². The Labute approximate surface area is 115 Å². The number of rotatable bonds is 3. The maximum Gasteiger partial charge on any atom is 0.267 e. The van der Waals surface area contributed by atoms with Gasteiger partial charge in [-0.1, -0.05) is 5.16 Å². The molecule has 0 amide bonds. The molecule has 8 heteroatoms. The average molecular weight is 292 g/mol. The van der Waals surface area contributed by atoms with Crippen LogP contribution in [0, 0.1) is 13.8 Å². The quantitative estimate of drug-likeness (QED) is 0.794. The molecule has 0 aliphatic rings. The summed E-state index contributed by atoms with van der Waals surface area (Å²) in [4.78, 5) is 4.17. The molecule has 3 aromatic rings. The van der Waals surface area contributed by atoms with E-state index in [0.29, 0.717) is 11.4 Å². The van der Waals surface area contributed by atoms with Crippen LogP contribution in [0.1, 0.15) is 11.5 Å². The molecule has 0 aromatic carbocycles. The van der Waals surface area contributed by atoms with Gasteiger partial charge in [-0.25, -0.2) is 13.4 Å². The maximum atomic E-state index is 12.3. The molecule has 1 N–H and O–H groups in total. The molecule has 0 bridgehead atoms. The summed E-state index contributed by atoms with van der Waals surface area (Å²) < 4.78 is 33.8. The Bertz CT molecular complexity index is 860. The summed E-state index contributed by atoms with van der Waals surface area (Å²) in [6, 6.07) is 3.38. The summed E-state index contributed by atoms with van der Waals surface area (Å²) in [6.45, 7) is 3.15. The zero-order chi connectivity index (χ0) is 14.3. The van der Waals surface area contributed by atoms with E-state index in [9.17, 15) is 8.42 Å². The minimum Gasteiger partial charge on any atom is -0.360 e. The van der Waals surface area contributed by atoms with Crippen molar-refractivity contribution in [1.82, 2.24) is 14.5 Å². The zero-order valence-corrected chi connectivity index (χ0v) is 11.7. The van der Waals surface area contributed by atoms with Gasteiger partial charge in [-0.05, 0) is 26.0 Å². The lowest BCUT2D eigenvalue weighted by Crippen LogP contribution is -2.14. The highest BCUT2D eigenvalue weighted by Crippen LogP contribution is 2.22. The molecule has 3 aromatic heterocycles. The van der Waals surface area contributed by atoms with E-state index in [1.165, 1.54) is 0 Å². The molecular weight excluding hydrogens is 280 g/mol. The standard InChI is InChI=1S/C12H12N4O3S/c1-8-12(9(2)19-14-8)20(17,18)15-10-3-4-11-13-5-6-16(11)7-10/h3-7,15H,1-2H3. The third-order valence-electron chi connectivity index (χ3n) is 2.88. The molecule has 20 heavy (non-hydrogen) atoms. The Morgan fingerprint density at radius 2 is 2.10 bits per heavy atom. The zero-order valence-electron chi connectivity index (χ0n) is 10.9. The van der Waals surface area contributed by atoms with E-state index in [-0.39, 0.29) is 10.7 Å². The van der Waals surface area contributed by atoms with Crippen molar-refractivity contribution >= 4 is 21.4 Å². The largest absolute Gasteiger partial charge is 0.360 e. The van der Waals surface area contributed by atoms with Crippen LogP contribution in [0.25, 0.3) is 5.65 Å². The van der Waals surface area contributed by atoms with Crippen LogP contribution in [-0.4, -0.2) is 23.0 Å². The van der Waals surface area contributed by atoms with Crippen LogP contribution in [0.5, 0.6) is 0 Å². The molecule has 3 rings (SSSR count). The smallest absolute Gasteiger partial charge is 0.267 e. The fourth-order valence-electron chi connectivity index (χ4n) is 2.04. The van der Waals surface area contributed by atoms with Crippen molar-refractivity contribution in [3.05, 3.63) is 42.2 Å². The van der Waals surface area contributed by atoms with Crippen molar-refractivity contribution < 1.29 is 12.9 Å². The molecule has 0 radical (unpaired) electrons. The van der Waals surface area contributed by atoms with Crippen LogP contribution in [0.15, 0.2) is 40.1 Å². The van der Waals surface area contributed by atoms with E-state index in [4.69, 9.17) is 4.52 Å². The number of aryl methyl sites for hydroxylation is 2. The summed E-state index contributed by atoms with van der Waals surface area (Å²) in [6.07, 6.45) is 5.03. The monoisotopic (exact) mass is 292 g/mol. The van der Waals surface area contributed by atoms with E-state index in [0.717, 1.165) is 5.65 Å². The first-order valence-corrected chi connectivity index (χ1v) is 7.34. The number of pyridine rings is 1. The molecule has 104 valence electrons. The van der Waals surface area contributed by atoms with Gasteiger partial charge in [0.25, 0.3) is 10.0 Å². The van der Waals surface area contributed by atoms with Crippen LogP contribution in [-0.2, 0) is 10.0 Å². The Kier molecular flexibility index (Phi) is 2.75. The fraction of sp³-hybridized carbons (Fsp3) is 0.167. The number of fused-ring (bicyclic) bond motifs is 1. The molecule has 0 unspecified atom stereocenters. The lowest BCUT2D eigenvalue weighted by atomic mass is 10.4. The van der Waals surface area contributed by atoms with Crippen LogP contribution >= 0.6 is 0 Å². The number of hydrogen-bond donors (Lipinski definition) is 1. The van der Waals surface area contributed by atoms with Gasteiger partial charge >= 0.3 is 0 Å². The molecule has 0 spiro atoms. The van der Waals surface area contributed by atoms with Gasteiger partial charge in [0.05, 0.1) is 5.69 Å². The minimum absolute atomic E-state index is 0.0724. The topological polar surface area (TPSA) is 89.5 Å². The normalized spacial score (nSPS) is 11.9. The number of nitrogens with zero attached hydrogens (tertiary/aromatic N) is 3. The molecule has 0 atom stereocenters. The maximum absolute atomic E-state index is 12.3. The second-order valence-corrected chi connectivity index (χ2v) is 5.99. The van der Waals surface area contributed by atoms with Crippen LogP contribution in [0.2, 0.25) is 0 Å². The first-order valence-electron chi connectivity index (χ1n) is 5.86. The number of nitrogens with one attached hydrogen (secondary N) is 1. The molecule has 3 heterocycles. The van der Waals surface area contributed by atoms with Crippen LogP contribution in [0.3, 0.4) is 0 Å². The van der Waals surface area contributed by atoms with Crippen molar-refractivity contribution in [3.8, 4) is 0 Å². The van der Waals surface area contributed by atoms with Gasteiger partial charge in [-0.3, -0.25) is 4.72 Å². The van der Waals surface area contributed by atoms with Gasteiger partial charge in [0, 0.05) is 18.6 Å². The highest BCUT2D eigenvalue weighted by atomic mass is 32.2. The number of aromatic nitrogens is 3. The summed E-state index contributed by atoms with van der Waals surface area (Å²) in [5.74, 6) is 0.263. The highest BCUT2D eigenvalue weighted by molar-refractivity contribution is 7.92. The first kappa shape index (κ1) is 12.7. The van der Waals surface area contributed by atoms with E-state index >= 15 is 0 Å². The molecule has 0 aliphatic heterocycles. The number of anilines is 1. The van der Waals surface area contributed by atoms with E-state index in [1.807, 2.05) is 0 Å². The molecule has 0 saturated carbocycles. The highest BCUT2D eigenvalue weighted by Gasteiger charge is 2.24. The predicted molar refractivity (Wildman–Crippen MR) is 72.0 cm³/mol. The van der Waals surface area contributed by atoms with Crippen molar-refractivity contribution in [2.45, 2.75) is 18.7 Å². The summed E-state index contributed by atoms with van der Waals surface area (Å²) in [5, 5.41) is 3.66. The lowest BCUT2D eigenvalue weighted by Gasteiger charge is -2.07. The molecule has 0 fully saturated rings. The second kappa shape index (κ2) is 4.34. The van der Waals surface area contributed by atoms with Crippen molar-refractivity contribution in [3.63, 3.8) is 0 Å². The Balaban J connectivity index is 2.01. The third-order valence-corrected chi connectivity index (χ3v) is 4.50. The van der Waals surface area contributed by atoms with Gasteiger partial charge in [0.1, 0.15) is 11.3 Å². The molecular formula is C12H12N4O3S. The van der Waals surface area contributed by atoms with Gasteiger partial charge in [-0.2, -0.15) is 0 Å². The number of hydrogen-bond acceptors (Lipinski definition) is 5. The fourth-order valence-corrected chi connectivity index (χ4v) is 3.42. The Morgan fingerprint density at radius 3 is 2.80 bits per heavy atom. The molecule has 0 aliphatic carbocycles. The van der Waals surface area contributed by atoms with Gasteiger partial charge in [0.15, 0.2) is 10.7 Å². The van der Waals surface area contributed by atoms with Crippen molar-refractivity contribution in [2.24, 2.45) is 0 Å². The van der Waals surface area contributed by atoms with E-state index < -0.39 is 10.0 Å². The summed E-state index contributed by atoms with van der Waals surface area (Å²) in [5.41, 5.74) is 1.51. The van der Waals surface area contributed by atoms with Crippen molar-refractivity contribution in [1.29, 1.82) is 0 Å². The average Bonchev–Trinajstić information content (AvgIpc) is 2.95. The molecule has 0 saturated heterocycles. The minimum atomic E-state index is -3.72. The Morgan fingerprint density at radius 1 is 1.30 bits per heavy atom. The van der Waals surface area contributed by atoms with E-state index in [1.54, 1.807) is 49.0 Å². The summed E-state index contributed by atoms with van der Waals surface area (Å²) in [7, 11) is -3.72. The second-order valence-electron chi connectivity index (χ2n) is 4.37. The third kappa shape index (κ3) is 2.03. The predicted octanol–water partition coefficient (Wildman–Crippen LogP) is 1.74. The lowest BCUT2D eigenvalue weighted by molar-refractivity contribution is 0.390. The summed E-state index contributed by atoms with van der Waals surface area (Å²) >= 11 is 0. The molecule has 7 nitrogen and oxygen atoms in total. The Hall–Kier alpha value is -2.35. The van der Waals surface area contributed by atoms with Gasteiger partial charge < -0.3 is 8.92 Å². The number of sulfonamides is 1. The van der Waals surface area contributed by atoms with Crippen molar-refractivity contribution in [2.75, 3.05) is 4.72 Å². The number of imidazole rings is 1. The van der Waals surface area contributed by atoms with Crippen LogP contribution in [0.4, 0.5) is 5.69 Å². The van der Waals surface area contributed by atoms with Gasteiger partial charge in [-0.15, -0.1) is 0 Å². The van der Waals surface area contributed by atoms with Gasteiger partial charge in [0.2, 0.25) is 0 Å². The SMILES string of the molecule is Cc1noc(C)c1S(=O)(=O)Nc1ccc2nccn2c1. The first-order chi connectivity index (χ1) is 9.47.